The minimum absolute atomic E-state index is 0.167. The van der Waals surface area contributed by atoms with Crippen molar-refractivity contribution in [3.8, 4) is 0 Å². The molecule has 0 amide bonds. The Morgan fingerprint density at radius 2 is 2.13 bits per heavy atom. The molecule has 9 aliphatic rings. The van der Waals surface area contributed by atoms with Gasteiger partial charge in [-0.1, -0.05) is 25.5 Å². The topological polar surface area (TPSA) is 43.7 Å². The van der Waals surface area contributed by atoms with E-state index in [4.69, 9.17) is 0 Å². The Labute approximate surface area is 137 Å². The molecule has 11 atom stereocenters. The lowest BCUT2D eigenvalue weighted by molar-refractivity contribution is -0.240. The van der Waals surface area contributed by atoms with Gasteiger partial charge in [0.2, 0.25) is 0 Å². The van der Waals surface area contributed by atoms with Crippen LogP contribution >= 0.6 is 0 Å². The SMILES string of the molecule is C=C1C[C@@]23C[C@@]4(O)[C@@H]5[C@@]6(C)CCC[C@@]57[C@@H]2C[C@@H]1[C@@H](O)[C@@H]3[C@H]7N4C6. The number of hydrogen-bond acceptors (Lipinski definition) is 3. The minimum Gasteiger partial charge on any atom is -0.392 e. The van der Waals surface area contributed by atoms with Crippen LogP contribution in [0.4, 0.5) is 0 Å². The first-order valence-corrected chi connectivity index (χ1v) is 9.73. The Balaban J connectivity index is 1.55. The van der Waals surface area contributed by atoms with Crippen molar-refractivity contribution in [3.05, 3.63) is 12.2 Å². The third-order valence-corrected chi connectivity index (χ3v) is 10.3. The molecule has 1 unspecified atom stereocenters. The summed E-state index contributed by atoms with van der Waals surface area (Å²) < 4.78 is 0. The Hall–Kier alpha value is -0.380. The molecular weight excluding hydrogens is 286 g/mol. The molecule has 6 aliphatic carbocycles. The van der Waals surface area contributed by atoms with Gasteiger partial charge in [-0.2, -0.15) is 0 Å². The average Bonchev–Trinajstić information content (AvgIpc) is 2.82. The smallest absolute Gasteiger partial charge is 0.123 e. The first-order valence-electron chi connectivity index (χ1n) is 9.73. The number of piperidine rings is 2. The number of nitrogens with zero attached hydrogens (tertiary/aromatic N) is 1. The minimum atomic E-state index is -0.572. The molecule has 9 bridgehead atoms. The van der Waals surface area contributed by atoms with Crippen LogP contribution in [-0.4, -0.2) is 39.5 Å². The molecule has 0 radical (unpaired) electrons. The van der Waals surface area contributed by atoms with Crippen LogP contribution in [0.2, 0.25) is 0 Å². The van der Waals surface area contributed by atoms with Crippen molar-refractivity contribution in [2.45, 2.75) is 63.3 Å². The van der Waals surface area contributed by atoms with E-state index in [2.05, 4.69) is 18.4 Å². The van der Waals surface area contributed by atoms with Crippen molar-refractivity contribution >= 4 is 0 Å². The van der Waals surface area contributed by atoms with Crippen molar-refractivity contribution in [1.29, 1.82) is 0 Å². The molecular formula is C20H27NO2. The highest BCUT2D eigenvalue weighted by Crippen LogP contribution is 2.89. The fourth-order valence-corrected chi connectivity index (χ4v) is 10.5. The first kappa shape index (κ1) is 12.9. The molecule has 124 valence electrons. The fraction of sp³-hybridized carbons (Fsp3) is 0.900. The first-order chi connectivity index (χ1) is 10.9. The van der Waals surface area contributed by atoms with Gasteiger partial charge in [0.15, 0.2) is 0 Å². The van der Waals surface area contributed by atoms with Gasteiger partial charge in [-0.05, 0) is 54.3 Å². The zero-order chi connectivity index (χ0) is 15.6. The van der Waals surface area contributed by atoms with Crippen LogP contribution in [0.25, 0.3) is 0 Å². The summed E-state index contributed by atoms with van der Waals surface area (Å²) in [4.78, 5) is 2.51. The van der Waals surface area contributed by atoms with E-state index in [1.54, 1.807) is 0 Å². The number of rotatable bonds is 0. The number of aliphatic hydroxyl groups is 2. The van der Waals surface area contributed by atoms with Crippen LogP contribution in [0.15, 0.2) is 12.2 Å². The van der Waals surface area contributed by atoms with E-state index >= 15 is 0 Å². The molecule has 9 fully saturated rings. The van der Waals surface area contributed by atoms with Crippen LogP contribution in [0.5, 0.6) is 0 Å². The monoisotopic (exact) mass is 313 g/mol. The van der Waals surface area contributed by atoms with Gasteiger partial charge in [0.05, 0.1) is 6.10 Å². The van der Waals surface area contributed by atoms with Crippen molar-refractivity contribution in [1.82, 2.24) is 4.90 Å². The van der Waals surface area contributed by atoms with E-state index in [0.29, 0.717) is 34.6 Å². The Kier molecular flexibility index (Phi) is 1.73. The molecule has 2 spiro atoms. The van der Waals surface area contributed by atoms with Crippen molar-refractivity contribution in [2.75, 3.05) is 6.54 Å². The molecule has 0 aromatic rings. The molecule has 0 aromatic carbocycles. The summed E-state index contributed by atoms with van der Waals surface area (Å²) in [5.74, 6) is 1.94. The van der Waals surface area contributed by atoms with Crippen molar-refractivity contribution < 1.29 is 10.2 Å². The molecule has 23 heavy (non-hydrogen) atoms. The highest BCUT2D eigenvalue weighted by atomic mass is 16.3. The zero-order valence-electron chi connectivity index (χ0n) is 14.0. The Bertz CT molecular complexity index is 691. The Morgan fingerprint density at radius 1 is 1.30 bits per heavy atom. The van der Waals surface area contributed by atoms with E-state index in [1.165, 1.54) is 24.8 Å². The quantitative estimate of drug-likeness (QED) is 0.674. The summed E-state index contributed by atoms with van der Waals surface area (Å²) in [5, 5.41) is 23.0. The van der Waals surface area contributed by atoms with Crippen LogP contribution < -0.4 is 0 Å². The predicted octanol–water partition coefficient (Wildman–Crippen LogP) is 2.14. The zero-order valence-corrected chi connectivity index (χ0v) is 14.0. The maximum absolute atomic E-state index is 11.8. The molecule has 9 rings (SSSR count). The lowest BCUT2D eigenvalue weighted by Crippen LogP contribution is -2.66. The summed E-state index contributed by atoms with van der Waals surface area (Å²) in [6.45, 7) is 7.86. The van der Waals surface area contributed by atoms with Gasteiger partial charge in [-0.3, -0.25) is 4.90 Å². The van der Waals surface area contributed by atoms with Crippen molar-refractivity contribution in [3.63, 3.8) is 0 Å². The van der Waals surface area contributed by atoms with Gasteiger partial charge in [0.25, 0.3) is 0 Å². The second kappa shape index (κ2) is 3.08. The second-order valence-corrected chi connectivity index (χ2v) is 10.7. The maximum Gasteiger partial charge on any atom is 0.123 e. The Morgan fingerprint density at radius 3 is 2.96 bits per heavy atom. The molecule has 0 aromatic heterocycles. The van der Waals surface area contributed by atoms with E-state index in [-0.39, 0.29) is 11.5 Å². The van der Waals surface area contributed by atoms with Crippen LogP contribution in [0.3, 0.4) is 0 Å². The summed E-state index contributed by atoms with van der Waals surface area (Å²) in [6.07, 6.45) is 6.87. The lowest BCUT2D eigenvalue weighted by atomic mass is 9.40. The van der Waals surface area contributed by atoms with E-state index in [1.807, 2.05) is 0 Å². The fourth-order valence-electron chi connectivity index (χ4n) is 10.5. The maximum atomic E-state index is 11.8. The van der Waals surface area contributed by atoms with E-state index in [9.17, 15) is 10.2 Å². The molecule has 6 saturated carbocycles. The molecule has 3 aliphatic heterocycles. The van der Waals surface area contributed by atoms with Gasteiger partial charge in [0, 0.05) is 30.3 Å². The molecule has 3 saturated heterocycles. The highest BCUT2D eigenvalue weighted by molar-refractivity contribution is 5.42. The van der Waals surface area contributed by atoms with Gasteiger partial charge >= 0.3 is 0 Å². The van der Waals surface area contributed by atoms with E-state index in [0.717, 1.165) is 31.7 Å². The number of hydrogen-bond donors (Lipinski definition) is 2. The summed E-state index contributed by atoms with van der Waals surface area (Å²) in [6, 6.07) is 0.456. The van der Waals surface area contributed by atoms with Gasteiger partial charge in [-0.15, -0.1) is 0 Å². The van der Waals surface area contributed by atoms with Crippen molar-refractivity contribution in [2.24, 2.45) is 39.9 Å². The largest absolute Gasteiger partial charge is 0.392 e. The summed E-state index contributed by atoms with van der Waals surface area (Å²) in [5.41, 5.74) is 1.49. The highest BCUT2D eigenvalue weighted by Gasteiger charge is 2.91. The number of fused-ring (bicyclic) bond motifs is 1. The van der Waals surface area contributed by atoms with E-state index < -0.39 is 5.72 Å². The second-order valence-electron chi connectivity index (χ2n) is 10.7. The molecule has 3 heterocycles. The predicted molar refractivity (Wildman–Crippen MR) is 85.2 cm³/mol. The standard InChI is InChI=1S/C20H27NO2/c1-10-7-18-8-20(23)16-17(2)4-3-5-19(16)12(18)6-11(10)14(22)13(18)15(19)21(20)9-17/h11-16,22-23H,1,3-9H2,2H3/t11-,12+,13+,14+,15+,16+,17-,18+,19-,20+/m0/s1. The van der Waals surface area contributed by atoms with Crippen LogP contribution in [-0.2, 0) is 0 Å². The molecule has 3 nitrogen and oxygen atoms in total. The third-order valence-electron chi connectivity index (χ3n) is 10.3. The summed E-state index contributed by atoms with van der Waals surface area (Å²) in [7, 11) is 0. The lowest BCUT2D eigenvalue weighted by Gasteiger charge is -2.65. The van der Waals surface area contributed by atoms with Gasteiger partial charge in [0.1, 0.15) is 5.72 Å². The molecule has 3 heteroatoms. The van der Waals surface area contributed by atoms with Gasteiger partial charge in [-0.25, -0.2) is 0 Å². The number of aliphatic hydroxyl groups excluding tert-OH is 1. The van der Waals surface area contributed by atoms with Crippen LogP contribution in [0.1, 0.15) is 45.4 Å². The third kappa shape index (κ3) is 0.910. The van der Waals surface area contributed by atoms with Gasteiger partial charge < -0.3 is 10.2 Å². The average molecular weight is 313 g/mol. The summed E-state index contributed by atoms with van der Waals surface area (Å²) >= 11 is 0. The normalized spacial score (nSPS) is 75.6. The van der Waals surface area contributed by atoms with Crippen LogP contribution in [0, 0.1) is 39.9 Å². The molecule has 2 N–H and O–H groups in total.